The molecule has 1 saturated carbocycles. The van der Waals surface area contributed by atoms with Gasteiger partial charge in [0.05, 0.1) is 9.79 Å². The summed E-state index contributed by atoms with van der Waals surface area (Å²) in [5.41, 5.74) is 0. The molecule has 0 atom stereocenters. The minimum Gasteiger partial charge on any atom is -0.297 e. The molecule has 2 N–H and O–H groups in total. The van der Waals surface area contributed by atoms with Crippen LogP contribution >= 0.6 is 0 Å². The molecular weight excluding hydrogens is 374 g/mol. The van der Waals surface area contributed by atoms with Crippen LogP contribution in [0.4, 0.5) is 0 Å². The average Bonchev–Trinajstić information content (AvgIpc) is 3.34. The third kappa shape index (κ3) is 5.75. The highest BCUT2D eigenvalue weighted by Gasteiger charge is 2.28. The van der Waals surface area contributed by atoms with E-state index in [1.165, 1.54) is 24.3 Å². The molecule has 7 nitrogen and oxygen atoms in total. The first-order valence-corrected chi connectivity index (χ1v) is 11.9. The number of nitrogens with one attached hydrogen (secondary N) is 2. The van der Waals surface area contributed by atoms with E-state index < -0.39 is 20.0 Å². The number of hydrogen-bond donors (Lipinski definition) is 2. The van der Waals surface area contributed by atoms with E-state index in [-0.39, 0.29) is 15.8 Å². The summed E-state index contributed by atoms with van der Waals surface area (Å²) in [6, 6.07) is 5.96. The summed E-state index contributed by atoms with van der Waals surface area (Å²) < 4.78 is 54.2. The first-order chi connectivity index (χ1) is 12.0. The van der Waals surface area contributed by atoms with Crippen molar-refractivity contribution < 1.29 is 16.8 Å². The highest BCUT2D eigenvalue weighted by molar-refractivity contribution is 7.90. The second-order valence-electron chi connectivity index (χ2n) is 7.19. The van der Waals surface area contributed by atoms with Crippen LogP contribution in [0.2, 0.25) is 0 Å². The maximum atomic E-state index is 12.4. The molecule has 1 aliphatic rings. The fourth-order valence-electron chi connectivity index (χ4n) is 2.79. The zero-order valence-electron chi connectivity index (χ0n) is 15.8. The van der Waals surface area contributed by atoms with Crippen molar-refractivity contribution in [3.05, 3.63) is 24.3 Å². The Kier molecular flexibility index (Phi) is 6.84. The Bertz CT molecular complexity index is 791. The Morgan fingerprint density at radius 3 is 1.81 bits per heavy atom. The van der Waals surface area contributed by atoms with Crippen molar-refractivity contribution in [3.63, 3.8) is 0 Å². The third-order valence-electron chi connectivity index (χ3n) is 4.33. The van der Waals surface area contributed by atoms with Gasteiger partial charge in [-0.25, -0.2) is 26.3 Å². The Balaban J connectivity index is 2.00. The summed E-state index contributed by atoms with van der Waals surface area (Å²) in [7, 11) is -7.25. The molecule has 2 rings (SSSR count). The summed E-state index contributed by atoms with van der Waals surface area (Å²) in [6.45, 7) is 9.19. The molecular formula is C17H29N3O4S2. The maximum absolute atomic E-state index is 12.4. The predicted molar refractivity (Wildman–Crippen MR) is 102 cm³/mol. The lowest BCUT2D eigenvalue weighted by Crippen LogP contribution is -2.42. The molecule has 1 aromatic rings. The van der Waals surface area contributed by atoms with E-state index in [9.17, 15) is 16.8 Å². The summed E-state index contributed by atoms with van der Waals surface area (Å²) in [4.78, 5) is 2.33. The van der Waals surface area contributed by atoms with Gasteiger partial charge in [-0.3, -0.25) is 4.90 Å². The largest absolute Gasteiger partial charge is 0.297 e. The van der Waals surface area contributed by atoms with Crippen molar-refractivity contribution in [3.8, 4) is 0 Å². The van der Waals surface area contributed by atoms with Gasteiger partial charge in [-0.2, -0.15) is 0 Å². The van der Waals surface area contributed by atoms with Crippen LogP contribution in [0.25, 0.3) is 0 Å². The lowest BCUT2D eigenvalue weighted by molar-refractivity contribution is 0.179. The molecule has 0 heterocycles. The minimum atomic E-state index is -3.67. The lowest BCUT2D eigenvalue weighted by Gasteiger charge is -2.30. The van der Waals surface area contributed by atoms with Crippen molar-refractivity contribution in [1.29, 1.82) is 0 Å². The van der Waals surface area contributed by atoms with E-state index in [4.69, 9.17) is 0 Å². The zero-order valence-corrected chi connectivity index (χ0v) is 17.4. The van der Waals surface area contributed by atoms with Crippen LogP contribution in [0.15, 0.2) is 34.1 Å². The van der Waals surface area contributed by atoms with Crippen molar-refractivity contribution >= 4 is 20.0 Å². The third-order valence-corrected chi connectivity index (χ3v) is 7.35. The SMILES string of the molecule is CC(C)N(CCNS(=O)(=O)c1ccc(S(=O)(=O)NC2CC2)cc1)C(C)C. The van der Waals surface area contributed by atoms with E-state index in [0.717, 1.165) is 12.8 Å². The normalized spacial score (nSPS) is 16.0. The second kappa shape index (κ2) is 8.35. The number of benzene rings is 1. The van der Waals surface area contributed by atoms with Gasteiger partial charge in [-0.05, 0) is 64.8 Å². The van der Waals surface area contributed by atoms with E-state index >= 15 is 0 Å². The lowest BCUT2D eigenvalue weighted by atomic mass is 10.2. The molecule has 0 spiro atoms. The highest BCUT2D eigenvalue weighted by atomic mass is 32.2. The molecule has 9 heteroatoms. The van der Waals surface area contributed by atoms with Crippen molar-refractivity contribution in [2.75, 3.05) is 13.1 Å². The summed E-state index contributed by atoms with van der Waals surface area (Å²) >= 11 is 0. The molecule has 0 saturated heterocycles. The minimum absolute atomic E-state index is 0.00920. The van der Waals surface area contributed by atoms with Gasteiger partial charge in [-0.15, -0.1) is 0 Å². The molecule has 0 bridgehead atoms. The van der Waals surface area contributed by atoms with Crippen LogP contribution in [0, 0.1) is 0 Å². The summed E-state index contributed by atoms with van der Waals surface area (Å²) in [5, 5.41) is 0. The van der Waals surface area contributed by atoms with Crippen LogP contribution in [0.5, 0.6) is 0 Å². The Labute approximate surface area is 157 Å². The van der Waals surface area contributed by atoms with Gasteiger partial charge in [0.15, 0.2) is 0 Å². The van der Waals surface area contributed by atoms with E-state index in [2.05, 4.69) is 42.0 Å². The molecule has 0 aromatic heterocycles. The molecule has 148 valence electrons. The topological polar surface area (TPSA) is 95.6 Å². The summed E-state index contributed by atoms with van der Waals surface area (Å²) in [6.07, 6.45) is 1.69. The van der Waals surface area contributed by atoms with E-state index in [0.29, 0.717) is 25.2 Å². The maximum Gasteiger partial charge on any atom is 0.240 e. The number of hydrogen-bond acceptors (Lipinski definition) is 5. The van der Waals surface area contributed by atoms with Gasteiger partial charge in [0.1, 0.15) is 0 Å². The molecule has 1 fully saturated rings. The molecule has 0 amide bonds. The van der Waals surface area contributed by atoms with Crippen LogP contribution < -0.4 is 9.44 Å². The van der Waals surface area contributed by atoms with Crippen molar-refractivity contribution in [1.82, 2.24) is 14.3 Å². The van der Waals surface area contributed by atoms with Crippen molar-refractivity contribution in [2.24, 2.45) is 0 Å². The smallest absolute Gasteiger partial charge is 0.240 e. The fraction of sp³-hybridized carbons (Fsp3) is 0.647. The number of nitrogens with zero attached hydrogens (tertiary/aromatic N) is 1. The van der Waals surface area contributed by atoms with Crippen LogP contribution in [0.1, 0.15) is 40.5 Å². The van der Waals surface area contributed by atoms with Gasteiger partial charge in [0.2, 0.25) is 20.0 Å². The quantitative estimate of drug-likeness (QED) is 0.618. The standard InChI is InChI=1S/C17H29N3O4S2/c1-13(2)20(14(3)4)12-11-18-25(21,22)16-7-9-17(10-8-16)26(23,24)19-15-5-6-15/h7-10,13-15,18-19H,5-6,11-12H2,1-4H3. The van der Waals surface area contributed by atoms with Gasteiger partial charge in [0.25, 0.3) is 0 Å². The first-order valence-electron chi connectivity index (χ1n) is 8.91. The van der Waals surface area contributed by atoms with Crippen molar-refractivity contribution in [2.45, 2.75) is 68.5 Å². The average molecular weight is 404 g/mol. The van der Waals surface area contributed by atoms with Crippen LogP contribution in [-0.4, -0.2) is 53.0 Å². The van der Waals surface area contributed by atoms with Gasteiger partial charge < -0.3 is 0 Å². The Hall–Kier alpha value is -1.00. The van der Waals surface area contributed by atoms with E-state index in [1.54, 1.807) is 0 Å². The molecule has 0 radical (unpaired) electrons. The van der Waals surface area contributed by atoms with Gasteiger partial charge in [-0.1, -0.05) is 0 Å². The number of sulfonamides is 2. The number of rotatable bonds is 10. The van der Waals surface area contributed by atoms with Gasteiger partial charge in [0, 0.05) is 31.2 Å². The van der Waals surface area contributed by atoms with E-state index in [1.807, 2.05) is 0 Å². The Morgan fingerprint density at radius 2 is 1.38 bits per heavy atom. The Morgan fingerprint density at radius 1 is 0.923 bits per heavy atom. The summed E-state index contributed by atoms with van der Waals surface area (Å²) in [5.74, 6) is 0. The van der Waals surface area contributed by atoms with Crippen LogP contribution in [0.3, 0.4) is 0 Å². The monoisotopic (exact) mass is 403 g/mol. The molecule has 0 unspecified atom stereocenters. The molecule has 26 heavy (non-hydrogen) atoms. The van der Waals surface area contributed by atoms with Gasteiger partial charge >= 0.3 is 0 Å². The first kappa shape index (κ1) is 21.3. The molecule has 0 aliphatic heterocycles. The zero-order chi connectivity index (χ0) is 19.5. The molecule has 1 aromatic carbocycles. The second-order valence-corrected chi connectivity index (χ2v) is 10.7. The fourth-order valence-corrected chi connectivity index (χ4v) is 5.12. The predicted octanol–water partition coefficient (Wildman–Crippen LogP) is 1.52. The van der Waals surface area contributed by atoms with Crippen LogP contribution in [-0.2, 0) is 20.0 Å². The highest BCUT2D eigenvalue weighted by Crippen LogP contribution is 2.22. The molecule has 1 aliphatic carbocycles.